The molecule has 0 aliphatic rings. The minimum Gasteiger partial charge on any atom is -0.397 e. The molecule has 4 nitrogen and oxygen atoms in total. The second-order valence-electron chi connectivity index (χ2n) is 3.97. The second kappa shape index (κ2) is 4.20. The van der Waals surface area contributed by atoms with E-state index in [2.05, 4.69) is 0 Å². The average Bonchev–Trinajstić information content (AvgIpc) is 2.05. The van der Waals surface area contributed by atoms with Gasteiger partial charge in [0.1, 0.15) is 4.90 Å². The molecule has 1 aromatic carbocycles. The van der Waals surface area contributed by atoms with Gasteiger partial charge in [0.25, 0.3) is 0 Å². The quantitative estimate of drug-likeness (QED) is 0.760. The van der Waals surface area contributed by atoms with Crippen LogP contribution in [0.3, 0.4) is 0 Å². The number of rotatable bonds is 3. The van der Waals surface area contributed by atoms with Gasteiger partial charge in [0.15, 0.2) is 0 Å². The lowest BCUT2D eigenvalue weighted by Gasteiger charge is -2.11. The molecular formula is C10H16N2O2S. The highest BCUT2D eigenvalue weighted by Gasteiger charge is 2.14. The molecule has 0 aromatic heterocycles. The van der Waals surface area contributed by atoms with Crippen molar-refractivity contribution in [3.63, 3.8) is 0 Å². The number of nitrogen functional groups attached to an aromatic ring is 1. The van der Waals surface area contributed by atoms with Crippen LogP contribution in [-0.2, 0) is 16.4 Å². The first kappa shape index (κ1) is 12.0. The van der Waals surface area contributed by atoms with Gasteiger partial charge in [-0.25, -0.2) is 13.6 Å². The van der Waals surface area contributed by atoms with Crippen LogP contribution in [0.1, 0.15) is 19.4 Å². The molecule has 0 aliphatic carbocycles. The van der Waals surface area contributed by atoms with Crippen LogP contribution in [0.4, 0.5) is 5.69 Å². The highest BCUT2D eigenvalue weighted by atomic mass is 32.2. The number of primary sulfonamides is 1. The summed E-state index contributed by atoms with van der Waals surface area (Å²) in [6.45, 7) is 4.09. The SMILES string of the molecule is CC(C)Cc1cccc(S(N)(=O)=O)c1N. The smallest absolute Gasteiger partial charge is 0.240 e. The van der Waals surface area contributed by atoms with Crippen molar-refractivity contribution in [3.05, 3.63) is 23.8 Å². The van der Waals surface area contributed by atoms with Crippen LogP contribution < -0.4 is 10.9 Å². The molecule has 0 radical (unpaired) electrons. The van der Waals surface area contributed by atoms with Crippen LogP contribution in [0.5, 0.6) is 0 Å². The molecule has 0 aliphatic heterocycles. The lowest BCUT2D eigenvalue weighted by atomic mass is 10.0. The molecule has 0 atom stereocenters. The Kier molecular flexibility index (Phi) is 3.36. The van der Waals surface area contributed by atoms with Crippen molar-refractivity contribution >= 4 is 15.7 Å². The molecule has 1 rings (SSSR count). The van der Waals surface area contributed by atoms with Crippen molar-refractivity contribution in [2.45, 2.75) is 25.2 Å². The van der Waals surface area contributed by atoms with E-state index >= 15 is 0 Å². The van der Waals surface area contributed by atoms with Gasteiger partial charge in [0.2, 0.25) is 10.0 Å². The summed E-state index contributed by atoms with van der Waals surface area (Å²) >= 11 is 0. The fourth-order valence-electron chi connectivity index (χ4n) is 1.46. The molecule has 0 spiro atoms. The predicted octanol–water partition coefficient (Wildman–Crippen LogP) is 1.11. The van der Waals surface area contributed by atoms with E-state index in [9.17, 15) is 8.42 Å². The van der Waals surface area contributed by atoms with E-state index in [1.54, 1.807) is 6.07 Å². The molecule has 5 heteroatoms. The first-order valence-electron chi connectivity index (χ1n) is 4.72. The minimum atomic E-state index is -3.72. The summed E-state index contributed by atoms with van der Waals surface area (Å²) in [4.78, 5) is 0.0145. The van der Waals surface area contributed by atoms with Crippen molar-refractivity contribution in [2.24, 2.45) is 11.1 Å². The van der Waals surface area contributed by atoms with Crippen LogP contribution in [-0.4, -0.2) is 8.42 Å². The number of hydrogen-bond acceptors (Lipinski definition) is 3. The molecule has 0 saturated heterocycles. The van der Waals surface area contributed by atoms with Crippen molar-refractivity contribution in [1.29, 1.82) is 0 Å². The molecule has 4 N–H and O–H groups in total. The summed E-state index contributed by atoms with van der Waals surface area (Å²) in [6.07, 6.45) is 0.745. The molecular weight excluding hydrogens is 212 g/mol. The molecule has 0 amide bonds. The Hall–Kier alpha value is -1.07. The fourth-order valence-corrected chi connectivity index (χ4v) is 2.16. The van der Waals surface area contributed by atoms with Crippen molar-refractivity contribution < 1.29 is 8.42 Å². The molecule has 0 fully saturated rings. The molecule has 0 bridgehead atoms. The van der Waals surface area contributed by atoms with Gasteiger partial charge in [-0.1, -0.05) is 26.0 Å². The number of anilines is 1. The Balaban J connectivity index is 3.24. The molecule has 1 aromatic rings. The third kappa shape index (κ3) is 2.94. The highest BCUT2D eigenvalue weighted by molar-refractivity contribution is 7.89. The number of sulfonamides is 1. The lowest BCUT2D eigenvalue weighted by molar-refractivity contribution is 0.597. The van der Waals surface area contributed by atoms with E-state index in [-0.39, 0.29) is 10.6 Å². The Bertz CT molecular complexity index is 452. The van der Waals surface area contributed by atoms with E-state index in [1.165, 1.54) is 6.07 Å². The average molecular weight is 228 g/mol. The van der Waals surface area contributed by atoms with Gasteiger partial charge in [-0.2, -0.15) is 0 Å². The number of benzene rings is 1. The van der Waals surface area contributed by atoms with E-state index < -0.39 is 10.0 Å². The van der Waals surface area contributed by atoms with Crippen LogP contribution in [0, 0.1) is 5.92 Å². The normalized spacial score (nSPS) is 12.0. The van der Waals surface area contributed by atoms with Gasteiger partial charge in [0, 0.05) is 0 Å². The summed E-state index contributed by atoms with van der Waals surface area (Å²) in [6, 6.07) is 4.91. The molecule has 84 valence electrons. The topological polar surface area (TPSA) is 86.2 Å². The maximum absolute atomic E-state index is 11.2. The van der Waals surface area contributed by atoms with Crippen molar-refractivity contribution in [1.82, 2.24) is 0 Å². The van der Waals surface area contributed by atoms with Crippen LogP contribution in [0.2, 0.25) is 0 Å². The Morgan fingerprint density at radius 3 is 2.40 bits per heavy atom. The first-order chi connectivity index (χ1) is 6.82. The van der Waals surface area contributed by atoms with Crippen molar-refractivity contribution in [2.75, 3.05) is 5.73 Å². The third-order valence-corrected chi connectivity index (χ3v) is 3.06. The van der Waals surface area contributed by atoms with Gasteiger partial charge < -0.3 is 5.73 Å². The number of nitrogens with two attached hydrogens (primary N) is 2. The summed E-state index contributed by atoms with van der Waals surface area (Å²) < 4.78 is 22.4. The zero-order valence-corrected chi connectivity index (χ0v) is 9.71. The van der Waals surface area contributed by atoms with E-state index in [0.29, 0.717) is 5.92 Å². The van der Waals surface area contributed by atoms with Gasteiger partial charge in [-0.3, -0.25) is 0 Å². The van der Waals surface area contributed by atoms with Crippen molar-refractivity contribution in [3.8, 4) is 0 Å². The zero-order valence-electron chi connectivity index (χ0n) is 8.90. The third-order valence-electron chi connectivity index (χ3n) is 2.09. The standard InChI is InChI=1S/C10H16N2O2S/c1-7(2)6-8-4-3-5-9(10(8)11)15(12,13)14/h3-5,7H,6,11H2,1-2H3,(H2,12,13,14). The zero-order chi connectivity index (χ0) is 11.6. The van der Waals surface area contributed by atoms with E-state index in [1.807, 2.05) is 19.9 Å². The second-order valence-corrected chi connectivity index (χ2v) is 5.50. The van der Waals surface area contributed by atoms with Gasteiger partial charge in [0.05, 0.1) is 5.69 Å². The summed E-state index contributed by atoms with van der Waals surface area (Å²) in [5.41, 5.74) is 6.86. The summed E-state index contributed by atoms with van der Waals surface area (Å²) in [7, 11) is -3.72. The molecule has 0 heterocycles. The minimum absolute atomic E-state index is 0.0145. The Morgan fingerprint density at radius 2 is 1.93 bits per heavy atom. The molecule has 15 heavy (non-hydrogen) atoms. The lowest BCUT2D eigenvalue weighted by Crippen LogP contribution is -2.15. The van der Waals surface area contributed by atoms with Gasteiger partial charge in [-0.15, -0.1) is 0 Å². The van der Waals surface area contributed by atoms with Crippen LogP contribution >= 0.6 is 0 Å². The number of hydrogen-bond donors (Lipinski definition) is 2. The van der Waals surface area contributed by atoms with Crippen LogP contribution in [0.15, 0.2) is 23.1 Å². The molecule has 0 saturated carbocycles. The Labute approximate surface area is 90.3 Å². The van der Waals surface area contributed by atoms with E-state index in [4.69, 9.17) is 10.9 Å². The van der Waals surface area contributed by atoms with E-state index in [0.717, 1.165) is 12.0 Å². The Morgan fingerprint density at radius 1 is 1.33 bits per heavy atom. The van der Waals surface area contributed by atoms with Gasteiger partial charge in [-0.05, 0) is 24.0 Å². The monoisotopic (exact) mass is 228 g/mol. The summed E-state index contributed by atoms with van der Waals surface area (Å²) in [5, 5.41) is 5.05. The first-order valence-corrected chi connectivity index (χ1v) is 6.27. The number of para-hydroxylation sites is 1. The molecule has 0 unspecified atom stereocenters. The van der Waals surface area contributed by atoms with Gasteiger partial charge >= 0.3 is 0 Å². The maximum atomic E-state index is 11.2. The maximum Gasteiger partial charge on any atom is 0.240 e. The van der Waals surface area contributed by atoms with Crippen LogP contribution in [0.25, 0.3) is 0 Å². The highest BCUT2D eigenvalue weighted by Crippen LogP contribution is 2.23. The largest absolute Gasteiger partial charge is 0.397 e. The summed E-state index contributed by atoms with van der Waals surface area (Å²) in [5.74, 6) is 0.419. The fraction of sp³-hybridized carbons (Fsp3) is 0.400. The predicted molar refractivity (Wildman–Crippen MR) is 60.8 cm³/mol.